The van der Waals surface area contributed by atoms with Crippen molar-refractivity contribution in [1.29, 1.82) is 0 Å². The molecule has 5 heteroatoms. The first-order valence-corrected chi connectivity index (χ1v) is 4.75. The summed E-state index contributed by atoms with van der Waals surface area (Å²) in [7, 11) is 0. The van der Waals surface area contributed by atoms with E-state index < -0.39 is 12.0 Å². The fourth-order valence-electron chi connectivity index (χ4n) is 0.548. The van der Waals surface area contributed by atoms with Crippen molar-refractivity contribution >= 4 is 17.7 Å². The zero-order valence-electron chi connectivity index (χ0n) is 6.54. The molecule has 11 heavy (non-hydrogen) atoms. The van der Waals surface area contributed by atoms with Gasteiger partial charge in [-0.15, -0.1) is 0 Å². The molecule has 0 aromatic heterocycles. The van der Waals surface area contributed by atoms with Crippen LogP contribution in [0, 0.1) is 0 Å². The Kier molecular flexibility index (Phi) is 6.30. The minimum absolute atomic E-state index is 0.563. The van der Waals surface area contributed by atoms with Crippen LogP contribution in [0.3, 0.4) is 0 Å². The normalized spacial score (nSPS) is 12.9. The van der Waals surface area contributed by atoms with Crippen molar-refractivity contribution in [2.24, 2.45) is 0 Å². The summed E-state index contributed by atoms with van der Waals surface area (Å²) in [5, 5.41) is 10.2. The van der Waals surface area contributed by atoms with Gasteiger partial charge in [0.15, 0.2) is 0 Å². The minimum Gasteiger partial charge on any atom is -0.544 e. The van der Waals surface area contributed by atoms with Gasteiger partial charge in [-0.05, 0) is 5.75 Å². The van der Waals surface area contributed by atoms with Gasteiger partial charge in [-0.3, -0.25) is 0 Å². The number of carbonyl (C=O) groups excluding carboxylic acids is 1. The predicted molar refractivity (Wildman–Crippen MR) is 41.4 cm³/mol. The quantitative estimate of drug-likeness (QED) is 0.418. The summed E-state index contributed by atoms with van der Waals surface area (Å²) in [6, 6.07) is -0.563. The average molecular weight is 179 g/mol. The third kappa shape index (κ3) is 6.15. The van der Waals surface area contributed by atoms with Crippen LogP contribution in [-0.2, 0) is 4.79 Å². The Morgan fingerprint density at radius 3 is 2.64 bits per heavy atom. The Hall–Kier alpha value is -0.260. The Morgan fingerprint density at radius 1 is 1.55 bits per heavy atom. The van der Waals surface area contributed by atoms with E-state index in [0.29, 0.717) is 6.42 Å². The van der Waals surface area contributed by atoms with Gasteiger partial charge in [0.1, 0.15) is 6.04 Å². The van der Waals surface area contributed by atoms with Crippen molar-refractivity contribution in [2.45, 2.75) is 12.5 Å². The van der Waals surface area contributed by atoms with E-state index in [1.807, 2.05) is 0 Å². The van der Waals surface area contributed by atoms with Gasteiger partial charge in [-0.25, -0.2) is 0 Å². The van der Waals surface area contributed by atoms with E-state index in [1.165, 1.54) is 0 Å². The number of carbonyl (C=O) groups is 1. The standard InChI is InChI=1S/C6H14N2O2S/c7-2-4-11-3-1-5(8)6(9)10/h5H,1-4,7-8H2,(H,9,10)/p+1. The molecule has 0 radical (unpaired) electrons. The third-order valence-electron chi connectivity index (χ3n) is 1.23. The van der Waals surface area contributed by atoms with Gasteiger partial charge in [-0.2, -0.15) is 11.8 Å². The highest BCUT2D eigenvalue weighted by atomic mass is 32.2. The number of carboxylic acid groups (broad SMARTS) is 1. The molecule has 0 bridgehead atoms. The number of hydrogen-bond donors (Lipinski definition) is 2. The predicted octanol–water partition coefficient (Wildman–Crippen LogP) is -3.29. The lowest BCUT2D eigenvalue weighted by Crippen LogP contribution is -2.68. The Labute approximate surface area is 70.3 Å². The molecule has 0 rings (SSSR count). The van der Waals surface area contributed by atoms with Crippen LogP contribution in [-0.4, -0.2) is 30.1 Å². The van der Waals surface area contributed by atoms with Crippen LogP contribution < -0.4 is 16.6 Å². The molecule has 0 saturated carbocycles. The molecule has 0 saturated heterocycles. The molecule has 0 aliphatic rings. The maximum Gasteiger partial charge on any atom is 0.125 e. The molecule has 4 nitrogen and oxygen atoms in total. The van der Waals surface area contributed by atoms with Crippen LogP contribution >= 0.6 is 11.8 Å². The van der Waals surface area contributed by atoms with E-state index in [-0.39, 0.29) is 0 Å². The van der Waals surface area contributed by atoms with E-state index in [1.54, 1.807) is 11.8 Å². The van der Waals surface area contributed by atoms with E-state index in [2.05, 4.69) is 11.5 Å². The lowest BCUT2D eigenvalue weighted by Gasteiger charge is -2.07. The molecule has 0 spiro atoms. The maximum atomic E-state index is 10.2. The lowest BCUT2D eigenvalue weighted by molar-refractivity contribution is -0.437. The Bertz CT molecular complexity index is 121. The first-order chi connectivity index (χ1) is 5.18. The fourth-order valence-corrected chi connectivity index (χ4v) is 1.41. The van der Waals surface area contributed by atoms with E-state index in [0.717, 1.165) is 18.1 Å². The molecule has 0 heterocycles. The molecule has 0 aromatic rings. The summed E-state index contributed by atoms with van der Waals surface area (Å²) in [5.41, 5.74) is 7.12. The van der Waals surface area contributed by atoms with Gasteiger partial charge in [0, 0.05) is 12.2 Å². The van der Waals surface area contributed by atoms with Gasteiger partial charge in [-0.1, -0.05) is 0 Å². The third-order valence-corrected chi connectivity index (χ3v) is 2.33. The van der Waals surface area contributed by atoms with Gasteiger partial charge in [0.25, 0.3) is 0 Å². The topological polar surface area (TPSA) is 95.4 Å². The average Bonchev–Trinajstić information content (AvgIpc) is 1.97. The van der Waals surface area contributed by atoms with Crippen LogP contribution in [0.4, 0.5) is 0 Å². The highest BCUT2D eigenvalue weighted by molar-refractivity contribution is 7.99. The second-order valence-electron chi connectivity index (χ2n) is 2.27. The van der Waals surface area contributed by atoms with E-state index >= 15 is 0 Å². The summed E-state index contributed by atoms with van der Waals surface area (Å²) in [5.74, 6) is 0.762. The molecule has 6 N–H and O–H groups in total. The molecule has 0 aliphatic heterocycles. The summed E-state index contributed by atoms with van der Waals surface area (Å²) in [4.78, 5) is 10.2. The van der Waals surface area contributed by atoms with Crippen molar-refractivity contribution in [1.82, 2.24) is 0 Å². The first-order valence-electron chi connectivity index (χ1n) is 3.59. The molecular formula is C6H15N2O2S+. The molecule has 0 fully saturated rings. The molecule has 1 atom stereocenters. The van der Waals surface area contributed by atoms with Gasteiger partial charge in [0.2, 0.25) is 0 Å². The summed E-state index contributed by atoms with van der Waals surface area (Å²) in [6.45, 7) is 0.887. The zero-order chi connectivity index (χ0) is 8.69. The molecule has 0 aliphatic carbocycles. The first kappa shape index (κ1) is 10.7. The zero-order valence-corrected chi connectivity index (χ0v) is 7.36. The number of carboxylic acids is 1. The number of aliphatic carboxylic acids is 1. The number of hydrogen-bond acceptors (Lipinski definition) is 3. The highest BCUT2D eigenvalue weighted by Gasteiger charge is 2.05. The molecule has 1 unspecified atom stereocenters. The number of rotatable bonds is 6. The van der Waals surface area contributed by atoms with Crippen LogP contribution in [0.5, 0.6) is 0 Å². The van der Waals surface area contributed by atoms with Crippen molar-refractivity contribution in [3.05, 3.63) is 0 Å². The smallest absolute Gasteiger partial charge is 0.125 e. The van der Waals surface area contributed by atoms with Crippen LogP contribution in [0.25, 0.3) is 0 Å². The number of thioether (sulfide) groups is 1. The molecular weight excluding hydrogens is 164 g/mol. The largest absolute Gasteiger partial charge is 0.544 e. The SMILES string of the molecule is [NH3+]CCSCCC([NH3+])C(=O)[O-]. The highest BCUT2D eigenvalue weighted by Crippen LogP contribution is 2.00. The lowest BCUT2D eigenvalue weighted by atomic mass is 10.2. The van der Waals surface area contributed by atoms with Crippen molar-refractivity contribution in [2.75, 3.05) is 18.1 Å². The van der Waals surface area contributed by atoms with Crippen LogP contribution in [0.15, 0.2) is 0 Å². The Morgan fingerprint density at radius 2 is 2.18 bits per heavy atom. The summed E-state index contributed by atoms with van der Waals surface area (Å²) >= 11 is 1.71. The molecule has 66 valence electrons. The second kappa shape index (κ2) is 6.45. The monoisotopic (exact) mass is 179 g/mol. The van der Waals surface area contributed by atoms with Crippen LogP contribution in [0.1, 0.15) is 6.42 Å². The van der Waals surface area contributed by atoms with Gasteiger partial charge < -0.3 is 21.4 Å². The van der Waals surface area contributed by atoms with Crippen molar-refractivity contribution in [3.8, 4) is 0 Å². The number of quaternary nitrogens is 2. The van der Waals surface area contributed by atoms with Crippen LogP contribution in [0.2, 0.25) is 0 Å². The van der Waals surface area contributed by atoms with Crippen molar-refractivity contribution in [3.63, 3.8) is 0 Å². The van der Waals surface area contributed by atoms with Gasteiger partial charge in [0.05, 0.1) is 12.5 Å². The Balaban J connectivity index is 3.17. The summed E-state index contributed by atoms with van der Waals surface area (Å²) < 4.78 is 0. The van der Waals surface area contributed by atoms with Crippen molar-refractivity contribution < 1.29 is 21.4 Å². The summed E-state index contributed by atoms with van der Waals surface area (Å²) in [6.07, 6.45) is 0.590. The minimum atomic E-state index is -1.06. The second-order valence-corrected chi connectivity index (χ2v) is 3.50. The maximum absolute atomic E-state index is 10.2. The molecule has 0 amide bonds. The van der Waals surface area contributed by atoms with Gasteiger partial charge >= 0.3 is 0 Å². The van der Waals surface area contributed by atoms with E-state index in [4.69, 9.17) is 0 Å². The van der Waals surface area contributed by atoms with E-state index in [9.17, 15) is 9.90 Å². The molecule has 0 aromatic carbocycles. The fraction of sp³-hybridized carbons (Fsp3) is 0.833.